The van der Waals surface area contributed by atoms with Crippen LogP contribution in [0, 0.1) is 32.6 Å². The highest BCUT2D eigenvalue weighted by Crippen LogP contribution is 2.43. The van der Waals surface area contributed by atoms with Gasteiger partial charge in [0, 0.05) is 91.0 Å². The summed E-state index contributed by atoms with van der Waals surface area (Å²) >= 11 is 0. The number of aromatic nitrogens is 4. The van der Waals surface area contributed by atoms with Gasteiger partial charge in [0.15, 0.2) is 46.0 Å². The highest BCUT2D eigenvalue weighted by molar-refractivity contribution is 5.92. The largest absolute Gasteiger partial charge is 0.493 e. The summed E-state index contributed by atoms with van der Waals surface area (Å²) in [6, 6.07) is 30.0. The molecule has 576 valence electrons. The first-order valence-corrected chi connectivity index (χ1v) is 39.7. The molecule has 0 radical (unpaired) electrons. The summed E-state index contributed by atoms with van der Waals surface area (Å²) < 4.78 is 67.1. The number of hydrogen-bond donors (Lipinski definition) is 1. The van der Waals surface area contributed by atoms with E-state index in [1.54, 1.807) is 21.3 Å². The van der Waals surface area contributed by atoms with Crippen molar-refractivity contribution >= 4 is 32.7 Å². The predicted molar refractivity (Wildman–Crippen MR) is 424 cm³/mol. The number of rotatable bonds is 29. The van der Waals surface area contributed by atoms with Crippen LogP contribution in [0.5, 0.6) is 51.7 Å². The molecule has 6 fully saturated rings. The maximum Gasteiger partial charge on any atom is 0.163 e. The third-order valence-corrected chi connectivity index (χ3v) is 22.1. The molecule has 1 N–H and O–H groups in total. The van der Waals surface area contributed by atoms with Crippen molar-refractivity contribution in [3.05, 3.63) is 108 Å². The van der Waals surface area contributed by atoms with E-state index < -0.39 is 0 Å². The van der Waals surface area contributed by atoms with Gasteiger partial charge in [-0.05, 0) is 270 Å². The average molecular weight is 1470 g/mol. The lowest BCUT2D eigenvalue weighted by molar-refractivity contribution is 0.115. The van der Waals surface area contributed by atoms with Gasteiger partial charge in [0.1, 0.15) is 46.3 Å². The Hall–Kier alpha value is -8.31. The molecular weight excluding hydrogens is 1350 g/mol. The van der Waals surface area contributed by atoms with E-state index in [2.05, 4.69) is 80.6 Å². The average Bonchev–Trinajstić information content (AvgIpc) is 1.33. The van der Waals surface area contributed by atoms with E-state index in [-0.39, 0.29) is 6.10 Å². The number of aryl methyl sites for hydroxylation is 3. The number of aromatic amines is 1. The Balaban J connectivity index is 0.000000142. The summed E-state index contributed by atoms with van der Waals surface area (Å²) in [5, 5.41) is 2.81. The number of fused-ring (bicyclic) bond motifs is 3. The standard InChI is InChI=1S/C29H40N4O3.C29H39N3O4.C28H37N3O4/c1-21-7-8-24(30-21)26-19-27(36-20-22-9-14-32(2)15-10-22)23-17-28(34-3)29(18-25(23)31-26)35-16-6-13-33-11-4-5-12-33;1-21-7-8-26(36-21)25-19-27(35-20-22-9-14-31(2)15-10-22)23-17-28(33-3)29(18-24(23)30-25)34-16-6-13-32-11-4-5-12-32;1-20-7-8-25(34-20)24-19-26(35-21-9-14-30(2)15-10-21)22-17-27(32-3)28(18-23(22)29-24)33-16-6-13-31-11-4-5-12-31/h7-8,17-19,22,30H,4-6,9-16,20H2,1-3H3;7-8,17-19,22H,4-6,9-16,20H2,1-3H3;7-8,17-19,21H,4-6,9-16H2,1-3H3. The number of furan rings is 2. The van der Waals surface area contributed by atoms with Crippen molar-refractivity contribution in [1.29, 1.82) is 0 Å². The van der Waals surface area contributed by atoms with Gasteiger partial charge >= 0.3 is 0 Å². The van der Waals surface area contributed by atoms with Crippen LogP contribution >= 0.6 is 0 Å². The number of methoxy groups -OCH3 is 3. The van der Waals surface area contributed by atoms with Gasteiger partial charge in [0.25, 0.3) is 0 Å². The summed E-state index contributed by atoms with van der Waals surface area (Å²) in [4.78, 5) is 32.9. The van der Waals surface area contributed by atoms with Gasteiger partial charge in [-0.25, -0.2) is 15.0 Å². The Morgan fingerprint density at radius 1 is 0.383 bits per heavy atom. The van der Waals surface area contributed by atoms with Crippen molar-refractivity contribution in [3.8, 4) is 86.0 Å². The van der Waals surface area contributed by atoms with E-state index in [1.807, 2.05) is 86.6 Å². The first-order valence-electron chi connectivity index (χ1n) is 39.7. The first-order chi connectivity index (χ1) is 52.3. The zero-order valence-corrected chi connectivity index (χ0v) is 65.2. The Morgan fingerprint density at radius 2 is 0.748 bits per heavy atom. The molecular formula is C86H116N10O11. The van der Waals surface area contributed by atoms with Crippen LogP contribution in [0.25, 0.3) is 67.0 Å². The lowest BCUT2D eigenvalue weighted by atomic mass is 9.98. The molecule has 0 saturated carbocycles. The van der Waals surface area contributed by atoms with Crippen LogP contribution in [0.3, 0.4) is 0 Å². The molecule has 0 spiro atoms. The van der Waals surface area contributed by atoms with Gasteiger partial charge in [-0.15, -0.1) is 0 Å². The maximum atomic E-state index is 6.57. The summed E-state index contributed by atoms with van der Waals surface area (Å²) in [6.07, 6.45) is 17.7. The van der Waals surface area contributed by atoms with Gasteiger partial charge in [-0.1, -0.05) is 0 Å². The summed E-state index contributed by atoms with van der Waals surface area (Å²) in [5.41, 5.74) is 6.98. The molecule has 6 aliphatic heterocycles. The molecule has 9 aromatic rings. The minimum absolute atomic E-state index is 0.176. The molecule has 0 atom stereocenters. The second-order valence-corrected chi connectivity index (χ2v) is 30.4. The minimum Gasteiger partial charge on any atom is -0.493 e. The molecule has 6 saturated heterocycles. The van der Waals surface area contributed by atoms with Gasteiger partial charge in [0.05, 0.1) is 82.3 Å². The molecule has 0 aliphatic carbocycles. The number of hydrogen-bond acceptors (Lipinski definition) is 20. The molecule has 0 amide bonds. The van der Waals surface area contributed by atoms with Crippen molar-refractivity contribution in [2.45, 2.75) is 123 Å². The third kappa shape index (κ3) is 20.9. The fraction of sp³-hybridized carbons (Fsp3) is 0.547. The van der Waals surface area contributed by atoms with E-state index in [9.17, 15) is 0 Å². The lowest BCUT2D eigenvalue weighted by Gasteiger charge is -2.29. The minimum atomic E-state index is 0.176. The Kier molecular flexibility index (Phi) is 27.1. The molecule has 15 rings (SSSR count). The molecule has 107 heavy (non-hydrogen) atoms. The highest BCUT2D eigenvalue weighted by Gasteiger charge is 2.26. The summed E-state index contributed by atoms with van der Waals surface area (Å²) in [7, 11) is 11.6. The fourth-order valence-corrected chi connectivity index (χ4v) is 15.5. The van der Waals surface area contributed by atoms with E-state index in [0.29, 0.717) is 67.9 Å². The van der Waals surface area contributed by atoms with Crippen LogP contribution in [-0.2, 0) is 0 Å². The van der Waals surface area contributed by atoms with Crippen LogP contribution in [0.1, 0.15) is 114 Å². The van der Waals surface area contributed by atoms with Crippen LogP contribution in [0.15, 0.2) is 99.8 Å². The number of benzene rings is 3. The Labute approximate surface area is 633 Å². The predicted octanol–water partition coefficient (Wildman–Crippen LogP) is 15.7. The van der Waals surface area contributed by atoms with Gasteiger partial charge < -0.3 is 85.8 Å². The van der Waals surface area contributed by atoms with Crippen molar-refractivity contribution < 1.29 is 51.5 Å². The molecule has 21 heteroatoms. The number of likely N-dealkylation sites (tertiary alicyclic amines) is 6. The summed E-state index contributed by atoms with van der Waals surface area (Å²) in [5.74, 6) is 11.1. The number of H-pyrrole nitrogens is 1. The fourth-order valence-electron chi connectivity index (χ4n) is 15.5. The zero-order valence-electron chi connectivity index (χ0n) is 65.2. The van der Waals surface area contributed by atoms with Crippen LogP contribution in [0.4, 0.5) is 0 Å². The first kappa shape index (κ1) is 76.9. The van der Waals surface area contributed by atoms with Gasteiger partial charge in [0.2, 0.25) is 0 Å². The van der Waals surface area contributed by atoms with E-state index in [4.69, 9.17) is 66.4 Å². The number of piperidine rings is 3. The maximum absolute atomic E-state index is 6.57. The van der Waals surface area contributed by atoms with Crippen LogP contribution in [0.2, 0.25) is 0 Å². The molecule has 6 aromatic heterocycles. The summed E-state index contributed by atoms with van der Waals surface area (Å²) in [6.45, 7) is 26.4. The van der Waals surface area contributed by atoms with E-state index in [1.165, 1.54) is 90.6 Å². The molecule has 0 unspecified atom stereocenters. The monoisotopic (exact) mass is 1460 g/mol. The van der Waals surface area contributed by atoms with Crippen molar-refractivity contribution in [2.24, 2.45) is 11.8 Å². The molecule has 3 aromatic carbocycles. The number of nitrogens with one attached hydrogen (secondary N) is 1. The molecule has 6 aliphatic rings. The van der Waals surface area contributed by atoms with Crippen LogP contribution < -0.4 is 42.6 Å². The normalized spacial score (nSPS) is 17.7. The molecule has 0 bridgehead atoms. The second kappa shape index (κ2) is 37.7. The Bertz CT molecular complexity index is 4100. The van der Waals surface area contributed by atoms with Gasteiger partial charge in [-0.3, -0.25) is 0 Å². The van der Waals surface area contributed by atoms with Crippen molar-refractivity contribution in [1.82, 2.24) is 49.3 Å². The Morgan fingerprint density at radius 3 is 1.11 bits per heavy atom. The SMILES string of the molecule is COc1cc2c(OC3CCN(C)CC3)cc(-c3ccc(C)o3)nc2cc1OCCCN1CCCC1.COc1cc2c(OCC3CCN(C)CC3)cc(-c3ccc(C)[nH]3)nc2cc1OCCCN1CCCC1.COc1cc2c(OCC3CCN(C)CC3)cc(-c3ccc(C)o3)nc2cc1OCCCN1CCCC1. The van der Waals surface area contributed by atoms with Crippen molar-refractivity contribution in [2.75, 3.05) is 174 Å². The zero-order chi connectivity index (χ0) is 74.0. The van der Waals surface area contributed by atoms with E-state index >= 15 is 0 Å². The van der Waals surface area contributed by atoms with Crippen LogP contribution in [-0.4, -0.2) is 229 Å². The number of nitrogens with zero attached hydrogens (tertiary/aromatic N) is 9. The number of pyridine rings is 3. The van der Waals surface area contributed by atoms with E-state index in [0.717, 1.165) is 217 Å². The molecule has 12 heterocycles. The highest BCUT2D eigenvalue weighted by atomic mass is 16.5. The second-order valence-electron chi connectivity index (χ2n) is 30.4. The third-order valence-electron chi connectivity index (χ3n) is 22.1. The topological polar surface area (TPSA) is 183 Å². The molecule has 21 nitrogen and oxygen atoms in total. The number of ether oxygens (including phenoxy) is 9. The van der Waals surface area contributed by atoms with Crippen molar-refractivity contribution in [3.63, 3.8) is 0 Å². The smallest absolute Gasteiger partial charge is 0.163 e. The quantitative estimate of drug-likeness (QED) is 0.0436. The lowest BCUT2D eigenvalue weighted by Crippen LogP contribution is -2.35. The van der Waals surface area contributed by atoms with Gasteiger partial charge in [-0.2, -0.15) is 0 Å².